The van der Waals surface area contributed by atoms with Gasteiger partial charge in [0.15, 0.2) is 0 Å². The summed E-state index contributed by atoms with van der Waals surface area (Å²) in [7, 11) is 0. The van der Waals surface area contributed by atoms with E-state index in [1.54, 1.807) is 19.1 Å². The van der Waals surface area contributed by atoms with E-state index in [9.17, 15) is 9.59 Å². The molecule has 2 amide bonds. The number of aryl methyl sites for hydroxylation is 2. The van der Waals surface area contributed by atoms with E-state index >= 15 is 0 Å². The van der Waals surface area contributed by atoms with Gasteiger partial charge >= 0.3 is 0 Å². The van der Waals surface area contributed by atoms with E-state index in [2.05, 4.69) is 26.0 Å². The molecular formula is C22H23N5O3. The molecule has 3 rings (SSSR count). The molecule has 0 saturated heterocycles. The summed E-state index contributed by atoms with van der Waals surface area (Å²) in [4.78, 5) is 28.4. The zero-order valence-electron chi connectivity index (χ0n) is 17.1. The van der Waals surface area contributed by atoms with Crippen LogP contribution in [0.4, 0.5) is 0 Å². The van der Waals surface area contributed by atoms with Gasteiger partial charge in [-0.15, -0.1) is 0 Å². The van der Waals surface area contributed by atoms with Crippen molar-refractivity contribution in [2.45, 2.75) is 33.7 Å². The van der Waals surface area contributed by atoms with Gasteiger partial charge in [-0.1, -0.05) is 46.6 Å². The summed E-state index contributed by atoms with van der Waals surface area (Å²) in [5.74, 6) is 0.182. The molecule has 8 nitrogen and oxygen atoms in total. The Morgan fingerprint density at radius 3 is 2.57 bits per heavy atom. The summed E-state index contributed by atoms with van der Waals surface area (Å²) < 4.78 is 5.19. The van der Waals surface area contributed by atoms with E-state index in [0.29, 0.717) is 23.0 Å². The number of hydrogen-bond donors (Lipinski definition) is 2. The summed E-state index contributed by atoms with van der Waals surface area (Å²) in [5, 5.41) is 10.6. The molecule has 8 heteroatoms. The minimum atomic E-state index is -0.329. The van der Waals surface area contributed by atoms with Gasteiger partial charge in [-0.25, -0.2) is 5.43 Å². The standard InChI is InChI=1S/C22H23N5O3/c1-14-7-9-17(10-8-14)22(29)26-25-16(3)12-19(28)23-13-20-24-21(27-30-20)18-6-4-5-15(2)11-18/h4-11H,12-13H2,1-3H3,(H,23,28)(H,26,29)/b25-16-. The van der Waals surface area contributed by atoms with Gasteiger partial charge < -0.3 is 9.84 Å². The van der Waals surface area contributed by atoms with Crippen molar-refractivity contribution in [2.24, 2.45) is 5.10 Å². The molecule has 1 aromatic heterocycles. The van der Waals surface area contributed by atoms with Crippen LogP contribution in [0.5, 0.6) is 0 Å². The number of aromatic nitrogens is 2. The summed E-state index contributed by atoms with van der Waals surface area (Å²) in [5.41, 5.74) is 6.43. The van der Waals surface area contributed by atoms with Crippen LogP contribution in [0.25, 0.3) is 11.4 Å². The monoisotopic (exact) mass is 405 g/mol. The highest BCUT2D eigenvalue weighted by Gasteiger charge is 2.11. The molecule has 3 aromatic rings. The van der Waals surface area contributed by atoms with Crippen LogP contribution in [0.1, 0.15) is 40.7 Å². The molecule has 0 aliphatic carbocycles. The molecule has 2 aromatic carbocycles. The minimum Gasteiger partial charge on any atom is -0.347 e. The molecule has 0 atom stereocenters. The van der Waals surface area contributed by atoms with Crippen molar-refractivity contribution in [1.82, 2.24) is 20.9 Å². The van der Waals surface area contributed by atoms with E-state index in [1.807, 2.05) is 50.2 Å². The van der Waals surface area contributed by atoms with Crippen molar-refractivity contribution >= 4 is 17.5 Å². The smallest absolute Gasteiger partial charge is 0.271 e. The van der Waals surface area contributed by atoms with E-state index < -0.39 is 0 Å². The van der Waals surface area contributed by atoms with Crippen LogP contribution < -0.4 is 10.7 Å². The number of hydrogen-bond acceptors (Lipinski definition) is 6. The fourth-order valence-corrected chi connectivity index (χ4v) is 2.65. The fraction of sp³-hybridized carbons (Fsp3) is 0.227. The molecule has 0 saturated carbocycles. The van der Waals surface area contributed by atoms with Crippen molar-refractivity contribution in [2.75, 3.05) is 0 Å². The molecule has 0 spiro atoms. The van der Waals surface area contributed by atoms with Crippen LogP contribution in [-0.4, -0.2) is 27.7 Å². The van der Waals surface area contributed by atoms with Crippen LogP contribution in [0, 0.1) is 13.8 Å². The lowest BCUT2D eigenvalue weighted by Crippen LogP contribution is -2.26. The predicted molar refractivity (Wildman–Crippen MR) is 113 cm³/mol. The second-order valence-electron chi connectivity index (χ2n) is 6.99. The Labute approximate surface area is 174 Å². The summed E-state index contributed by atoms with van der Waals surface area (Å²) in [6.45, 7) is 5.70. The molecule has 154 valence electrons. The van der Waals surface area contributed by atoms with Crippen molar-refractivity contribution in [3.63, 3.8) is 0 Å². The Balaban J connectivity index is 1.47. The summed E-state index contributed by atoms with van der Waals surface area (Å²) >= 11 is 0. The van der Waals surface area contributed by atoms with E-state index in [-0.39, 0.29) is 24.8 Å². The van der Waals surface area contributed by atoms with Gasteiger partial charge in [-0.05, 0) is 39.0 Å². The number of rotatable bonds is 7. The van der Waals surface area contributed by atoms with Gasteiger partial charge in [-0.2, -0.15) is 10.1 Å². The SMILES string of the molecule is C/C(CC(=O)NCc1nc(-c2cccc(C)c2)no1)=N/NC(=O)c1ccc(C)cc1. The van der Waals surface area contributed by atoms with Crippen LogP contribution in [0.3, 0.4) is 0 Å². The van der Waals surface area contributed by atoms with Crippen molar-refractivity contribution in [3.8, 4) is 11.4 Å². The highest BCUT2D eigenvalue weighted by atomic mass is 16.5. The molecule has 0 bridgehead atoms. The van der Waals surface area contributed by atoms with Gasteiger partial charge in [0.1, 0.15) is 0 Å². The third kappa shape index (κ3) is 5.84. The maximum absolute atomic E-state index is 12.1. The van der Waals surface area contributed by atoms with Crippen LogP contribution in [0.2, 0.25) is 0 Å². The fourth-order valence-electron chi connectivity index (χ4n) is 2.65. The highest BCUT2D eigenvalue weighted by Crippen LogP contribution is 2.16. The van der Waals surface area contributed by atoms with Gasteiger partial charge in [0.25, 0.3) is 5.91 Å². The number of amides is 2. The molecule has 0 aliphatic rings. The summed E-state index contributed by atoms with van der Waals surface area (Å²) in [6, 6.07) is 14.9. The van der Waals surface area contributed by atoms with Gasteiger partial charge in [-0.3, -0.25) is 9.59 Å². The minimum absolute atomic E-state index is 0.0348. The van der Waals surface area contributed by atoms with Crippen molar-refractivity contribution in [1.29, 1.82) is 0 Å². The predicted octanol–water partition coefficient (Wildman–Crippen LogP) is 3.17. The Bertz CT molecular complexity index is 1070. The average Bonchev–Trinajstić information content (AvgIpc) is 3.20. The Morgan fingerprint density at radius 1 is 1.07 bits per heavy atom. The molecule has 0 unspecified atom stereocenters. The largest absolute Gasteiger partial charge is 0.347 e. The first kappa shape index (κ1) is 20.9. The number of carbonyl (C=O) groups is 2. The van der Waals surface area contributed by atoms with Crippen LogP contribution >= 0.6 is 0 Å². The molecule has 30 heavy (non-hydrogen) atoms. The lowest BCUT2D eigenvalue weighted by atomic mass is 10.1. The third-order valence-electron chi connectivity index (χ3n) is 4.26. The Hall–Kier alpha value is -3.81. The van der Waals surface area contributed by atoms with Gasteiger partial charge in [0, 0.05) is 16.8 Å². The third-order valence-corrected chi connectivity index (χ3v) is 4.26. The molecular weight excluding hydrogens is 382 g/mol. The first-order valence-electron chi connectivity index (χ1n) is 9.47. The lowest BCUT2D eigenvalue weighted by molar-refractivity contribution is -0.120. The maximum Gasteiger partial charge on any atom is 0.271 e. The number of hydrazone groups is 1. The van der Waals surface area contributed by atoms with Gasteiger partial charge in [0.2, 0.25) is 17.6 Å². The molecule has 2 N–H and O–H groups in total. The zero-order chi connectivity index (χ0) is 21.5. The maximum atomic E-state index is 12.1. The Morgan fingerprint density at radius 2 is 1.83 bits per heavy atom. The van der Waals surface area contributed by atoms with Crippen LogP contribution in [0.15, 0.2) is 58.2 Å². The summed E-state index contributed by atoms with van der Waals surface area (Å²) in [6.07, 6.45) is 0.0348. The molecule has 1 heterocycles. The van der Waals surface area contributed by atoms with E-state index in [4.69, 9.17) is 4.52 Å². The van der Waals surface area contributed by atoms with E-state index in [0.717, 1.165) is 16.7 Å². The first-order valence-corrected chi connectivity index (χ1v) is 9.47. The van der Waals surface area contributed by atoms with Crippen LogP contribution in [-0.2, 0) is 11.3 Å². The highest BCUT2D eigenvalue weighted by molar-refractivity contribution is 6.01. The van der Waals surface area contributed by atoms with Gasteiger partial charge in [0.05, 0.1) is 13.0 Å². The zero-order valence-corrected chi connectivity index (χ0v) is 17.1. The molecule has 0 radical (unpaired) electrons. The number of nitrogens with zero attached hydrogens (tertiary/aromatic N) is 3. The van der Waals surface area contributed by atoms with E-state index in [1.165, 1.54) is 0 Å². The Kier molecular flexibility index (Phi) is 6.69. The second kappa shape index (κ2) is 9.60. The lowest BCUT2D eigenvalue weighted by Gasteiger charge is -2.04. The average molecular weight is 405 g/mol. The molecule has 0 fully saturated rings. The normalized spacial score (nSPS) is 11.2. The topological polar surface area (TPSA) is 109 Å². The number of nitrogens with one attached hydrogen (secondary N) is 2. The number of benzene rings is 2. The first-order chi connectivity index (χ1) is 14.4. The van der Waals surface area contributed by atoms with Crippen molar-refractivity contribution in [3.05, 3.63) is 71.1 Å². The second-order valence-corrected chi connectivity index (χ2v) is 6.99. The quantitative estimate of drug-likeness (QED) is 0.463. The van der Waals surface area contributed by atoms with Crippen molar-refractivity contribution < 1.29 is 14.1 Å². The number of carbonyl (C=O) groups excluding carboxylic acids is 2. The molecule has 0 aliphatic heterocycles.